The van der Waals surface area contributed by atoms with Crippen molar-refractivity contribution < 1.29 is 17.9 Å². The second-order valence-electron chi connectivity index (χ2n) is 9.80. The Hall–Kier alpha value is -2.46. The van der Waals surface area contributed by atoms with E-state index in [-0.39, 0.29) is 18.3 Å². The normalized spacial score (nSPS) is 31.9. The van der Waals surface area contributed by atoms with E-state index in [0.717, 1.165) is 13.1 Å². The van der Waals surface area contributed by atoms with Crippen molar-refractivity contribution in [3.63, 3.8) is 0 Å². The van der Waals surface area contributed by atoms with Gasteiger partial charge >= 0.3 is 0 Å². The summed E-state index contributed by atoms with van der Waals surface area (Å²) in [6.45, 7) is 2.91. The molecule has 4 atom stereocenters. The molecule has 0 radical (unpaired) electrons. The Kier molecular flexibility index (Phi) is 3.89. The maximum Gasteiger partial charge on any atom is 0.227 e. The summed E-state index contributed by atoms with van der Waals surface area (Å²) in [5.74, 6) is 4.97. The number of hydrogen-bond acceptors (Lipinski definition) is 9. The Bertz CT molecular complexity index is 1210. The third-order valence-corrected chi connectivity index (χ3v) is 9.81. The van der Waals surface area contributed by atoms with Crippen LogP contribution in [0.4, 0.5) is 11.8 Å². The Morgan fingerprint density at radius 1 is 1.06 bits per heavy atom. The number of aryl methyl sites for hydroxylation is 1. The van der Waals surface area contributed by atoms with Gasteiger partial charge in [-0.1, -0.05) is 12.2 Å². The van der Waals surface area contributed by atoms with Crippen LogP contribution in [-0.2, 0) is 22.9 Å². The quantitative estimate of drug-likeness (QED) is 0.678. The van der Waals surface area contributed by atoms with Crippen molar-refractivity contribution >= 4 is 21.6 Å². The van der Waals surface area contributed by atoms with Crippen molar-refractivity contribution in [2.45, 2.75) is 30.3 Å². The van der Waals surface area contributed by atoms with Crippen molar-refractivity contribution in [3.8, 4) is 0 Å². The number of sulfone groups is 1. The minimum absolute atomic E-state index is 0.115. The zero-order valence-corrected chi connectivity index (χ0v) is 18.4. The summed E-state index contributed by atoms with van der Waals surface area (Å²) in [4.78, 5) is 18.4. The number of fused-ring (bicyclic) bond motifs is 6. The average Bonchev–Trinajstić information content (AvgIpc) is 3.54. The van der Waals surface area contributed by atoms with Gasteiger partial charge in [-0.05, 0) is 30.1 Å². The molecule has 2 aliphatic carbocycles. The Morgan fingerprint density at radius 3 is 2.50 bits per heavy atom. The molecule has 0 aromatic carbocycles. The number of rotatable bonds is 4. The number of hydrogen-bond donors (Lipinski definition) is 1. The summed E-state index contributed by atoms with van der Waals surface area (Å²) in [7, 11) is -3.34. The van der Waals surface area contributed by atoms with Gasteiger partial charge < -0.3 is 19.3 Å². The maximum atomic E-state index is 12.9. The molecule has 5 heterocycles. The fourth-order valence-electron chi connectivity index (χ4n) is 6.36. The lowest BCUT2D eigenvalue weighted by atomic mass is 9.86. The fourth-order valence-corrected chi connectivity index (χ4v) is 7.98. The Morgan fingerprint density at radius 2 is 1.81 bits per heavy atom. The van der Waals surface area contributed by atoms with E-state index < -0.39 is 9.84 Å². The van der Waals surface area contributed by atoms with Crippen LogP contribution >= 0.6 is 0 Å². The average molecular weight is 456 g/mol. The van der Waals surface area contributed by atoms with Crippen LogP contribution in [0.5, 0.6) is 0 Å². The van der Waals surface area contributed by atoms with Crippen LogP contribution in [0.15, 0.2) is 27.7 Å². The first-order chi connectivity index (χ1) is 15.5. The molecule has 0 unspecified atom stereocenters. The smallest absolute Gasteiger partial charge is 0.227 e. The highest BCUT2D eigenvalue weighted by atomic mass is 32.2. The van der Waals surface area contributed by atoms with E-state index >= 15 is 0 Å². The van der Waals surface area contributed by atoms with Gasteiger partial charge in [-0.2, -0.15) is 4.98 Å². The van der Waals surface area contributed by atoms with Gasteiger partial charge in [0.15, 0.2) is 15.7 Å². The van der Waals surface area contributed by atoms with Crippen molar-refractivity contribution in [1.82, 2.24) is 15.0 Å². The Balaban J connectivity index is 1.19. The largest absolute Gasteiger partial charge is 0.443 e. The molecule has 3 aliphatic heterocycles. The predicted molar refractivity (Wildman–Crippen MR) is 115 cm³/mol. The molecular formula is C22H25N5O4S. The maximum absolute atomic E-state index is 12.9. The molecule has 9 nitrogen and oxygen atoms in total. The van der Waals surface area contributed by atoms with Gasteiger partial charge in [-0.3, -0.25) is 0 Å². The van der Waals surface area contributed by atoms with Crippen LogP contribution in [0, 0.1) is 23.7 Å². The standard InChI is InChI=1S/C22H25N5O4S/c28-11-15-6-23-21(31-15)14-7-27(8-14)22-24-18-3-4-32(29,30)19(18)20(25-22)26-9-16-12-1-2-13(5-12)17(16)10-26/h1-2,6,12-14,16-17,28H,3-5,7-11H2/t12-,13+,16-,17+. The molecule has 7 rings (SSSR count). The number of allylic oxidation sites excluding steroid dienone is 2. The summed E-state index contributed by atoms with van der Waals surface area (Å²) in [6, 6.07) is 0. The molecule has 5 aliphatic rings. The summed E-state index contributed by atoms with van der Waals surface area (Å²) >= 11 is 0. The zero-order valence-electron chi connectivity index (χ0n) is 17.6. The van der Waals surface area contributed by atoms with Crippen LogP contribution < -0.4 is 9.80 Å². The van der Waals surface area contributed by atoms with E-state index in [9.17, 15) is 13.5 Å². The highest BCUT2D eigenvalue weighted by molar-refractivity contribution is 7.91. The lowest BCUT2D eigenvalue weighted by molar-refractivity contribution is 0.238. The predicted octanol–water partition coefficient (Wildman–Crippen LogP) is 1.15. The third kappa shape index (κ3) is 2.65. The zero-order chi connectivity index (χ0) is 21.6. The van der Waals surface area contributed by atoms with Gasteiger partial charge in [-0.25, -0.2) is 18.4 Å². The summed E-state index contributed by atoms with van der Waals surface area (Å²) in [5, 5.41) is 9.19. The molecule has 2 bridgehead atoms. The molecule has 32 heavy (non-hydrogen) atoms. The minimum atomic E-state index is -3.34. The molecule has 0 spiro atoms. The molecule has 168 valence electrons. The Labute approximate surface area is 186 Å². The molecule has 3 fully saturated rings. The number of nitrogens with zero attached hydrogens (tertiary/aromatic N) is 5. The first kappa shape index (κ1) is 19.0. The first-order valence-corrected chi connectivity index (χ1v) is 13.0. The highest BCUT2D eigenvalue weighted by Gasteiger charge is 2.50. The van der Waals surface area contributed by atoms with E-state index in [0.29, 0.717) is 77.2 Å². The first-order valence-electron chi connectivity index (χ1n) is 11.4. The topological polar surface area (TPSA) is 113 Å². The molecular weight excluding hydrogens is 430 g/mol. The van der Waals surface area contributed by atoms with Crippen molar-refractivity contribution in [2.24, 2.45) is 23.7 Å². The van der Waals surface area contributed by atoms with Crippen LogP contribution in [0.2, 0.25) is 0 Å². The van der Waals surface area contributed by atoms with Gasteiger partial charge in [0.25, 0.3) is 0 Å². The van der Waals surface area contributed by atoms with E-state index in [1.165, 1.54) is 6.42 Å². The van der Waals surface area contributed by atoms with Crippen LogP contribution in [-0.4, -0.2) is 60.4 Å². The molecule has 2 aromatic rings. The summed E-state index contributed by atoms with van der Waals surface area (Å²) < 4.78 is 31.3. The molecule has 10 heteroatoms. The SMILES string of the molecule is O=S1(=O)CCc2nc(N3CC(c4ncc(CO)o4)C3)nc(N3C[C@@H]4[C@H](C3)[C@@H]3C=C[C@H]4C3)c21. The monoisotopic (exact) mass is 455 g/mol. The fraction of sp³-hybridized carbons (Fsp3) is 0.591. The van der Waals surface area contributed by atoms with Gasteiger partial charge in [0, 0.05) is 32.6 Å². The number of aliphatic hydroxyl groups is 1. The second-order valence-corrected chi connectivity index (χ2v) is 11.8. The van der Waals surface area contributed by atoms with Gasteiger partial charge in [0.1, 0.15) is 17.3 Å². The number of aromatic nitrogens is 3. The van der Waals surface area contributed by atoms with E-state index in [4.69, 9.17) is 9.40 Å². The van der Waals surface area contributed by atoms with Crippen molar-refractivity contribution in [3.05, 3.63) is 35.7 Å². The lowest BCUT2D eigenvalue weighted by Gasteiger charge is -2.38. The summed E-state index contributed by atoms with van der Waals surface area (Å²) in [5.41, 5.74) is 0.658. The molecule has 0 amide bonds. The highest BCUT2D eigenvalue weighted by Crippen LogP contribution is 2.52. The molecule has 1 saturated carbocycles. The molecule has 2 aromatic heterocycles. The minimum Gasteiger partial charge on any atom is -0.443 e. The van der Waals surface area contributed by atoms with Gasteiger partial charge in [0.05, 0.1) is 23.6 Å². The third-order valence-electron chi connectivity index (χ3n) is 8.03. The molecule has 1 N–H and O–H groups in total. The van der Waals surface area contributed by atoms with Crippen LogP contribution in [0.3, 0.4) is 0 Å². The molecule has 2 saturated heterocycles. The van der Waals surface area contributed by atoms with Crippen molar-refractivity contribution in [2.75, 3.05) is 41.7 Å². The van der Waals surface area contributed by atoms with E-state index in [1.54, 1.807) is 6.20 Å². The van der Waals surface area contributed by atoms with Gasteiger partial charge in [0.2, 0.25) is 11.8 Å². The second kappa shape index (κ2) is 6.54. The lowest BCUT2D eigenvalue weighted by Crippen LogP contribution is -2.46. The van der Waals surface area contributed by atoms with Crippen molar-refractivity contribution in [1.29, 1.82) is 0 Å². The van der Waals surface area contributed by atoms with Crippen LogP contribution in [0.25, 0.3) is 0 Å². The van der Waals surface area contributed by atoms with E-state index in [1.807, 2.05) is 0 Å². The summed E-state index contributed by atoms with van der Waals surface area (Å²) in [6.07, 6.45) is 7.96. The number of anilines is 2. The number of aliphatic hydroxyl groups excluding tert-OH is 1. The van der Waals surface area contributed by atoms with E-state index in [2.05, 4.69) is 31.9 Å². The van der Waals surface area contributed by atoms with Gasteiger partial charge in [-0.15, -0.1) is 0 Å². The van der Waals surface area contributed by atoms with Crippen LogP contribution in [0.1, 0.15) is 29.7 Å². The number of oxazole rings is 1.